The molecule has 0 aromatic heterocycles. The Hall–Kier alpha value is -0.120. The third-order valence-corrected chi connectivity index (χ3v) is 6.28. The van der Waals surface area contributed by atoms with Crippen molar-refractivity contribution in [1.29, 1.82) is 0 Å². The van der Waals surface area contributed by atoms with Crippen LogP contribution in [-0.2, 0) is 0 Å². The zero-order valence-corrected chi connectivity index (χ0v) is 13.1. The average molecular weight is 280 g/mol. The van der Waals surface area contributed by atoms with E-state index in [1.54, 1.807) is 0 Å². The SMILES string of the molecule is CCNC1(CO)CCC(N2CCC3CCCCC3C2)C1. The second-order valence-corrected chi connectivity index (χ2v) is 7.45. The predicted octanol–water partition coefficient (Wildman–Crippen LogP) is 2.39. The fourth-order valence-corrected chi connectivity index (χ4v) is 5.11. The molecule has 0 amide bonds. The molecule has 0 bridgehead atoms. The van der Waals surface area contributed by atoms with Gasteiger partial charge in [0, 0.05) is 18.1 Å². The van der Waals surface area contributed by atoms with Gasteiger partial charge in [0.05, 0.1) is 6.61 Å². The summed E-state index contributed by atoms with van der Waals surface area (Å²) in [6.07, 6.45) is 10.9. The minimum atomic E-state index is 0.0167. The summed E-state index contributed by atoms with van der Waals surface area (Å²) in [4.78, 5) is 2.77. The molecule has 116 valence electrons. The molecule has 4 unspecified atom stereocenters. The van der Waals surface area contributed by atoms with Gasteiger partial charge in [-0.25, -0.2) is 0 Å². The summed E-state index contributed by atoms with van der Waals surface area (Å²) in [5.41, 5.74) is 0.0167. The molecular weight excluding hydrogens is 248 g/mol. The number of nitrogens with zero attached hydrogens (tertiary/aromatic N) is 1. The molecule has 3 aliphatic rings. The monoisotopic (exact) mass is 280 g/mol. The second kappa shape index (κ2) is 6.33. The number of aliphatic hydroxyl groups excluding tert-OH is 1. The molecule has 0 radical (unpaired) electrons. The summed E-state index contributed by atoms with van der Waals surface area (Å²) in [5.74, 6) is 2.00. The molecule has 3 heteroatoms. The van der Waals surface area contributed by atoms with Crippen LogP contribution in [0.25, 0.3) is 0 Å². The summed E-state index contributed by atoms with van der Waals surface area (Å²) in [7, 11) is 0. The molecule has 4 atom stereocenters. The quantitative estimate of drug-likeness (QED) is 0.830. The van der Waals surface area contributed by atoms with Crippen LogP contribution in [0.2, 0.25) is 0 Å². The fraction of sp³-hybridized carbons (Fsp3) is 1.00. The normalized spacial score (nSPS) is 42.6. The number of nitrogens with one attached hydrogen (secondary N) is 1. The third-order valence-electron chi connectivity index (χ3n) is 6.28. The van der Waals surface area contributed by atoms with Crippen molar-refractivity contribution in [3.8, 4) is 0 Å². The first-order valence-electron chi connectivity index (χ1n) is 8.86. The van der Waals surface area contributed by atoms with Crippen molar-refractivity contribution in [2.75, 3.05) is 26.2 Å². The highest BCUT2D eigenvalue weighted by atomic mass is 16.3. The van der Waals surface area contributed by atoms with E-state index in [4.69, 9.17) is 0 Å². The van der Waals surface area contributed by atoms with E-state index in [0.29, 0.717) is 12.6 Å². The Labute approximate surface area is 124 Å². The molecule has 0 spiro atoms. The largest absolute Gasteiger partial charge is 0.394 e. The number of hydrogen-bond donors (Lipinski definition) is 2. The molecule has 1 saturated heterocycles. The van der Waals surface area contributed by atoms with E-state index in [0.717, 1.165) is 31.2 Å². The van der Waals surface area contributed by atoms with E-state index in [1.165, 1.54) is 51.6 Å². The molecule has 20 heavy (non-hydrogen) atoms. The van der Waals surface area contributed by atoms with Gasteiger partial charge in [0.1, 0.15) is 0 Å². The molecule has 3 nitrogen and oxygen atoms in total. The van der Waals surface area contributed by atoms with E-state index in [-0.39, 0.29) is 5.54 Å². The van der Waals surface area contributed by atoms with E-state index >= 15 is 0 Å². The number of likely N-dealkylation sites (N-methyl/N-ethyl adjacent to an activating group) is 1. The average Bonchev–Trinajstić information content (AvgIpc) is 2.92. The second-order valence-electron chi connectivity index (χ2n) is 7.45. The smallest absolute Gasteiger partial charge is 0.0613 e. The Balaban J connectivity index is 1.58. The van der Waals surface area contributed by atoms with Crippen molar-refractivity contribution in [2.24, 2.45) is 11.8 Å². The highest BCUT2D eigenvalue weighted by Crippen LogP contribution is 2.40. The van der Waals surface area contributed by atoms with Crippen LogP contribution in [-0.4, -0.2) is 47.8 Å². The molecule has 2 aliphatic carbocycles. The minimum Gasteiger partial charge on any atom is -0.394 e. The van der Waals surface area contributed by atoms with E-state index in [2.05, 4.69) is 17.1 Å². The highest BCUT2D eigenvalue weighted by molar-refractivity contribution is 5.00. The van der Waals surface area contributed by atoms with Gasteiger partial charge in [-0.2, -0.15) is 0 Å². The van der Waals surface area contributed by atoms with E-state index in [9.17, 15) is 5.11 Å². The number of rotatable bonds is 4. The van der Waals surface area contributed by atoms with Crippen LogP contribution < -0.4 is 5.32 Å². The van der Waals surface area contributed by atoms with Crippen molar-refractivity contribution in [3.63, 3.8) is 0 Å². The Kier molecular flexibility index (Phi) is 4.68. The van der Waals surface area contributed by atoms with Crippen LogP contribution in [0.5, 0.6) is 0 Å². The molecule has 1 aliphatic heterocycles. The van der Waals surface area contributed by atoms with Gasteiger partial charge in [0.25, 0.3) is 0 Å². The summed E-state index contributed by atoms with van der Waals surface area (Å²) >= 11 is 0. The molecule has 2 N–H and O–H groups in total. The van der Waals surface area contributed by atoms with Crippen molar-refractivity contribution in [2.45, 2.75) is 69.9 Å². The summed E-state index contributed by atoms with van der Waals surface area (Å²) in [6, 6.07) is 0.712. The van der Waals surface area contributed by atoms with Crippen molar-refractivity contribution in [1.82, 2.24) is 10.2 Å². The Morgan fingerprint density at radius 2 is 1.95 bits per heavy atom. The van der Waals surface area contributed by atoms with Crippen LogP contribution >= 0.6 is 0 Å². The minimum absolute atomic E-state index is 0.0167. The highest BCUT2D eigenvalue weighted by Gasteiger charge is 2.42. The number of fused-ring (bicyclic) bond motifs is 1. The fourth-order valence-electron chi connectivity index (χ4n) is 5.11. The van der Waals surface area contributed by atoms with Crippen LogP contribution in [0.15, 0.2) is 0 Å². The van der Waals surface area contributed by atoms with Gasteiger partial charge < -0.3 is 15.3 Å². The lowest BCUT2D eigenvalue weighted by Gasteiger charge is -2.44. The van der Waals surface area contributed by atoms with Crippen molar-refractivity contribution < 1.29 is 5.11 Å². The third kappa shape index (κ3) is 2.90. The summed E-state index contributed by atoms with van der Waals surface area (Å²) < 4.78 is 0. The van der Waals surface area contributed by atoms with E-state index < -0.39 is 0 Å². The van der Waals surface area contributed by atoms with Gasteiger partial charge in [-0.05, 0) is 57.0 Å². The first kappa shape index (κ1) is 14.8. The predicted molar refractivity (Wildman–Crippen MR) is 82.8 cm³/mol. The van der Waals surface area contributed by atoms with Crippen LogP contribution in [0, 0.1) is 11.8 Å². The Bertz CT molecular complexity index is 320. The van der Waals surface area contributed by atoms with Gasteiger partial charge in [0.2, 0.25) is 0 Å². The molecule has 3 fully saturated rings. The lowest BCUT2D eigenvalue weighted by Crippen LogP contribution is -2.50. The Morgan fingerprint density at radius 3 is 2.70 bits per heavy atom. The number of aliphatic hydroxyl groups is 1. The summed E-state index contributed by atoms with van der Waals surface area (Å²) in [5, 5.41) is 13.3. The molecule has 1 heterocycles. The topological polar surface area (TPSA) is 35.5 Å². The number of hydrogen-bond acceptors (Lipinski definition) is 3. The lowest BCUT2D eigenvalue weighted by atomic mass is 9.75. The Morgan fingerprint density at radius 1 is 1.15 bits per heavy atom. The zero-order chi connectivity index (χ0) is 14.0. The van der Waals surface area contributed by atoms with Gasteiger partial charge in [-0.3, -0.25) is 0 Å². The molecule has 0 aromatic rings. The maximum atomic E-state index is 9.77. The molecule has 2 saturated carbocycles. The van der Waals surface area contributed by atoms with Crippen LogP contribution in [0.1, 0.15) is 58.3 Å². The zero-order valence-electron chi connectivity index (χ0n) is 13.1. The first-order valence-corrected chi connectivity index (χ1v) is 8.86. The first-order chi connectivity index (χ1) is 9.76. The van der Waals surface area contributed by atoms with Gasteiger partial charge in [0.15, 0.2) is 0 Å². The van der Waals surface area contributed by atoms with Crippen molar-refractivity contribution >= 4 is 0 Å². The maximum Gasteiger partial charge on any atom is 0.0613 e. The van der Waals surface area contributed by atoms with Gasteiger partial charge in [-0.15, -0.1) is 0 Å². The van der Waals surface area contributed by atoms with Crippen LogP contribution in [0.4, 0.5) is 0 Å². The lowest BCUT2D eigenvalue weighted by molar-refractivity contribution is 0.0531. The standard InChI is InChI=1S/C17H32N2O/c1-2-18-17(13-20)9-7-16(11-17)19-10-8-14-5-3-4-6-15(14)12-19/h14-16,18,20H,2-13H2,1H3. The summed E-state index contributed by atoms with van der Waals surface area (Å²) in [6.45, 7) is 6.07. The van der Waals surface area contributed by atoms with Gasteiger partial charge >= 0.3 is 0 Å². The molecule has 3 rings (SSSR count). The number of likely N-dealkylation sites (tertiary alicyclic amines) is 1. The van der Waals surface area contributed by atoms with E-state index in [1.807, 2.05) is 0 Å². The molecular formula is C17H32N2O. The van der Waals surface area contributed by atoms with Crippen molar-refractivity contribution in [3.05, 3.63) is 0 Å². The van der Waals surface area contributed by atoms with Crippen LogP contribution in [0.3, 0.4) is 0 Å². The van der Waals surface area contributed by atoms with Gasteiger partial charge in [-0.1, -0.05) is 26.2 Å². The number of piperidine rings is 1. The maximum absolute atomic E-state index is 9.77. The molecule has 0 aromatic carbocycles.